The van der Waals surface area contributed by atoms with Gasteiger partial charge in [-0.2, -0.15) is 0 Å². The van der Waals surface area contributed by atoms with Crippen LogP contribution in [0.15, 0.2) is 47.0 Å². The molecule has 8 heteroatoms. The lowest BCUT2D eigenvalue weighted by Crippen LogP contribution is -2.39. The molecule has 0 bridgehead atoms. The lowest BCUT2D eigenvalue weighted by molar-refractivity contribution is -0.121. The van der Waals surface area contributed by atoms with Crippen LogP contribution in [0.5, 0.6) is 5.75 Å². The van der Waals surface area contributed by atoms with Gasteiger partial charge in [-0.15, -0.1) is 0 Å². The number of aromatic nitrogens is 1. The molecule has 218 valence electrons. The first kappa shape index (κ1) is 26.0. The topological polar surface area (TPSA) is 111 Å². The summed E-state index contributed by atoms with van der Waals surface area (Å²) in [6.45, 7) is 2.72. The molecular weight excluding hydrogens is 532 g/mol. The van der Waals surface area contributed by atoms with E-state index in [9.17, 15) is 14.7 Å². The molecule has 1 aromatic heterocycles. The van der Waals surface area contributed by atoms with Crippen molar-refractivity contribution in [2.45, 2.75) is 76.4 Å². The highest BCUT2D eigenvalue weighted by Gasteiger charge is 2.79. The van der Waals surface area contributed by atoms with Crippen molar-refractivity contribution >= 4 is 17.6 Å². The summed E-state index contributed by atoms with van der Waals surface area (Å²) in [5.74, 6) is 2.09. The lowest BCUT2D eigenvalue weighted by Gasteiger charge is -2.39. The molecule has 1 heterocycles. The fraction of sp³-hybridized carbons (Fsp3) is 0.500. The fourth-order valence-electron chi connectivity index (χ4n) is 8.18. The Morgan fingerprint density at radius 3 is 2.57 bits per heavy atom. The van der Waals surface area contributed by atoms with E-state index in [1.54, 1.807) is 6.07 Å². The Labute approximate surface area is 244 Å². The van der Waals surface area contributed by atoms with E-state index in [2.05, 4.69) is 34.7 Å². The number of ether oxygens (including phenoxy) is 2. The van der Waals surface area contributed by atoms with E-state index in [4.69, 9.17) is 14.0 Å². The highest BCUT2D eigenvalue weighted by atomic mass is 16.5. The molecule has 2 N–H and O–H groups in total. The standard InChI is InChI=1S/C34H36N2O6/c1-2-40-28-15-20(33(38)39)11-12-26(28)35-32(37)29-25-16-27(24-13-14-34(24,25)29)41-17-23-30(36-42-31(23)19-9-10-19)22-6-4-3-5-21(22)18-7-8-18/h3-6,11-12,15,18-19,24-25,27,29H,2,7-10,13-14,16-17H2,1H3,(H,35,37)(H,38,39). The van der Waals surface area contributed by atoms with Crippen molar-refractivity contribution in [3.8, 4) is 17.0 Å². The van der Waals surface area contributed by atoms with Gasteiger partial charge in [-0.05, 0) is 98.8 Å². The minimum absolute atomic E-state index is 0.00111. The maximum atomic E-state index is 13.5. The van der Waals surface area contributed by atoms with Crippen molar-refractivity contribution < 1.29 is 28.7 Å². The minimum atomic E-state index is -1.03. The molecule has 3 aromatic rings. The van der Waals surface area contributed by atoms with Crippen LogP contribution in [0.3, 0.4) is 0 Å². The molecule has 0 radical (unpaired) electrons. The molecule has 5 unspecified atom stereocenters. The van der Waals surface area contributed by atoms with E-state index in [1.807, 2.05) is 6.92 Å². The van der Waals surface area contributed by atoms with Crippen LogP contribution in [-0.4, -0.2) is 34.9 Å². The Kier molecular flexibility index (Phi) is 6.00. The number of hydrogen-bond acceptors (Lipinski definition) is 6. The molecule has 8 nitrogen and oxygen atoms in total. The van der Waals surface area contributed by atoms with Crippen LogP contribution in [0.4, 0.5) is 5.69 Å². The Bertz CT molecular complexity index is 1570. The molecule has 2 aromatic carbocycles. The second-order valence-electron chi connectivity index (χ2n) is 12.9. The van der Waals surface area contributed by atoms with Crippen LogP contribution in [0, 0.1) is 23.2 Å². The summed E-state index contributed by atoms with van der Waals surface area (Å²) in [7, 11) is 0. The van der Waals surface area contributed by atoms with Crippen LogP contribution < -0.4 is 10.1 Å². The number of carboxylic acids is 1. The average Bonchev–Trinajstić information content (AvgIpc) is 3.88. The summed E-state index contributed by atoms with van der Waals surface area (Å²) in [5, 5.41) is 17.0. The van der Waals surface area contributed by atoms with E-state index >= 15 is 0 Å². The van der Waals surface area contributed by atoms with Gasteiger partial charge >= 0.3 is 5.97 Å². The van der Waals surface area contributed by atoms with E-state index in [-0.39, 0.29) is 28.9 Å². The maximum Gasteiger partial charge on any atom is 0.335 e. The van der Waals surface area contributed by atoms with E-state index in [1.165, 1.54) is 36.1 Å². The second-order valence-corrected chi connectivity index (χ2v) is 12.9. The first-order valence-corrected chi connectivity index (χ1v) is 15.5. The second kappa shape index (κ2) is 9.69. The molecule has 0 aliphatic heterocycles. The molecule has 1 amide bonds. The Hall–Kier alpha value is -3.65. The predicted octanol–water partition coefficient (Wildman–Crippen LogP) is 6.76. The number of carboxylic acid groups (broad SMARTS) is 1. The molecule has 0 saturated heterocycles. The summed E-state index contributed by atoms with van der Waals surface area (Å²) in [5.41, 5.74) is 5.29. The molecule has 5 fully saturated rings. The van der Waals surface area contributed by atoms with Gasteiger partial charge in [0.2, 0.25) is 5.91 Å². The number of hydrogen-bond donors (Lipinski definition) is 2. The molecule has 5 aliphatic carbocycles. The molecule has 8 rings (SSSR count). The monoisotopic (exact) mass is 568 g/mol. The third-order valence-electron chi connectivity index (χ3n) is 10.6. The number of carbonyl (C=O) groups excluding carboxylic acids is 1. The highest BCUT2D eigenvalue weighted by Crippen LogP contribution is 2.80. The van der Waals surface area contributed by atoms with Crippen molar-refractivity contribution in [3.63, 3.8) is 0 Å². The molecule has 5 saturated carbocycles. The first-order valence-electron chi connectivity index (χ1n) is 15.5. The van der Waals surface area contributed by atoms with Crippen molar-refractivity contribution in [3.05, 3.63) is 64.9 Å². The van der Waals surface area contributed by atoms with Gasteiger partial charge in [-0.3, -0.25) is 4.79 Å². The largest absolute Gasteiger partial charge is 0.492 e. The molecule has 5 atom stereocenters. The van der Waals surface area contributed by atoms with Gasteiger partial charge in [0.05, 0.1) is 30.6 Å². The number of anilines is 1. The third-order valence-corrected chi connectivity index (χ3v) is 10.6. The van der Waals surface area contributed by atoms with Crippen molar-refractivity contribution in [2.75, 3.05) is 11.9 Å². The van der Waals surface area contributed by atoms with Crippen LogP contribution in [-0.2, 0) is 16.1 Å². The highest BCUT2D eigenvalue weighted by molar-refractivity contribution is 5.98. The zero-order valence-electron chi connectivity index (χ0n) is 23.8. The van der Waals surface area contributed by atoms with Crippen molar-refractivity contribution in [1.82, 2.24) is 5.16 Å². The Balaban J connectivity index is 0.969. The van der Waals surface area contributed by atoms with Gasteiger partial charge in [0, 0.05) is 23.0 Å². The van der Waals surface area contributed by atoms with E-state index < -0.39 is 5.97 Å². The lowest BCUT2D eigenvalue weighted by atomic mass is 9.68. The predicted molar refractivity (Wildman–Crippen MR) is 154 cm³/mol. The summed E-state index contributed by atoms with van der Waals surface area (Å²) in [4.78, 5) is 24.9. The molecule has 1 spiro atoms. The Morgan fingerprint density at radius 1 is 1.07 bits per heavy atom. The summed E-state index contributed by atoms with van der Waals surface area (Å²) >= 11 is 0. The minimum Gasteiger partial charge on any atom is -0.492 e. The van der Waals surface area contributed by atoms with Gasteiger partial charge in [-0.25, -0.2) is 4.79 Å². The normalized spacial score (nSPS) is 28.9. The number of nitrogens with one attached hydrogen (secondary N) is 1. The van der Waals surface area contributed by atoms with Crippen LogP contribution >= 0.6 is 0 Å². The summed E-state index contributed by atoms with van der Waals surface area (Å²) in [6, 6.07) is 13.2. The van der Waals surface area contributed by atoms with Gasteiger partial charge in [0.25, 0.3) is 0 Å². The molecule has 42 heavy (non-hydrogen) atoms. The number of carbonyl (C=O) groups is 2. The summed E-state index contributed by atoms with van der Waals surface area (Å²) in [6.07, 6.45) is 7.91. The first-order chi connectivity index (χ1) is 20.5. The molecule has 5 aliphatic rings. The summed E-state index contributed by atoms with van der Waals surface area (Å²) < 4.78 is 18.3. The Morgan fingerprint density at radius 2 is 1.88 bits per heavy atom. The fourth-order valence-corrected chi connectivity index (χ4v) is 8.18. The van der Waals surface area contributed by atoms with E-state index in [0.29, 0.717) is 48.3 Å². The quantitative estimate of drug-likeness (QED) is 0.263. The van der Waals surface area contributed by atoms with Gasteiger partial charge in [0.15, 0.2) is 0 Å². The smallest absolute Gasteiger partial charge is 0.335 e. The zero-order valence-corrected chi connectivity index (χ0v) is 23.8. The average molecular weight is 569 g/mol. The SMILES string of the molecule is CCOc1cc(C(=O)O)ccc1NC(=O)C1C2CC(OCc3c(-c4ccccc4C4CC4)noc3C3CC3)C3CCC321. The maximum absolute atomic E-state index is 13.5. The van der Waals surface area contributed by atoms with E-state index in [0.717, 1.165) is 49.1 Å². The van der Waals surface area contributed by atoms with Crippen LogP contribution in [0.1, 0.15) is 91.0 Å². The van der Waals surface area contributed by atoms with Crippen molar-refractivity contribution in [1.29, 1.82) is 0 Å². The number of rotatable bonds is 11. The number of aromatic carboxylic acids is 1. The number of benzene rings is 2. The molecular formula is C34H36N2O6. The van der Waals surface area contributed by atoms with Crippen LogP contribution in [0.25, 0.3) is 11.3 Å². The van der Waals surface area contributed by atoms with Gasteiger partial charge < -0.3 is 24.4 Å². The van der Waals surface area contributed by atoms with Crippen LogP contribution in [0.2, 0.25) is 0 Å². The number of amides is 1. The van der Waals surface area contributed by atoms with Gasteiger partial charge in [0.1, 0.15) is 17.2 Å². The van der Waals surface area contributed by atoms with Crippen molar-refractivity contribution in [2.24, 2.45) is 23.2 Å². The third kappa shape index (κ3) is 4.09. The zero-order chi connectivity index (χ0) is 28.6. The van der Waals surface area contributed by atoms with Gasteiger partial charge in [-0.1, -0.05) is 29.4 Å². The number of nitrogens with zero attached hydrogens (tertiary/aromatic N) is 1.